The first-order valence-electron chi connectivity index (χ1n) is 2.41. The van der Waals surface area contributed by atoms with Gasteiger partial charge in [-0.25, -0.2) is 0 Å². The molecule has 10 heavy (non-hydrogen) atoms. The van der Waals surface area contributed by atoms with E-state index in [4.69, 9.17) is 11.6 Å². The van der Waals surface area contributed by atoms with Crippen LogP contribution in [0.25, 0.3) is 0 Å². The van der Waals surface area contributed by atoms with Crippen LogP contribution in [-0.2, 0) is 0 Å². The Labute approximate surface area is 100 Å². The van der Waals surface area contributed by atoms with Gasteiger partial charge >= 0.3 is 0 Å². The van der Waals surface area contributed by atoms with Gasteiger partial charge in [0.2, 0.25) is 0 Å². The van der Waals surface area contributed by atoms with Gasteiger partial charge in [0.15, 0.2) is 0 Å². The summed E-state index contributed by atoms with van der Waals surface area (Å²) in [5.41, 5.74) is 0. The van der Waals surface area contributed by atoms with Gasteiger partial charge in [-0.15, -0.1) is 0 Å². The van der Waals surface area contributed by atoms with Crippen LogP contribution in [0.15, 0.2) is 16.6 Å². The minimum atomic E-state index is 0.837. The van der Waals surface area contributed by atoms with E-state index in [0.29, 0.717) is 0 Å². The van der Waals surface area contributed by atoms with E-state index in [1.54, 1.807) is 0 Å². The lowest BCUT2D eigenvalue weighted by molar-refractivity contribution is 1.55. The summed E-state index contributed by atoms with van der Waals surface area (Å²) in [6.07, 6.45) is 0. The fourth-order valence-corrected chi connectivity index (χ4v) is 3.72. The van der Waals surface area contributed by atoms with Crippen molar-refractivity contribution in [2.45, 2.75) is 0 Å². The Morgan fingerprint density at radius 2 is 1.60 bits per heavy atom. The number of benzene rings is 1. The summed E-state index contributed by atoms with van der Waals surface area (Å²) in [4.78, 5) is 0. The summed E-state index contributed by atoms with van der Waals surface area (Å²) >= 11 is 13.7. The zero-order chi connectivity index (χ0) is 7.72. The summed E-state index contributed by atoms with van der Waals surface area (Å²) in [5, 5.41) is 0.837. The van der Waals surface area contributed by atoms with Gasteiger partial charge in [0.1, 0.15) is 0 Å². The predicted octanol–water partition coefficient (Wildman–Crippen LogP) is 4.31. The molecular formula is C6H2BrClI2. The van der Waals surface area contributed by atoms with Crippen LogP contribution in [0.5, 0.6) is 0 Å². The van der Waals surface area contributed by atoms with Crippen LogP contribution in [-0.4, -0.2) is 0 Å². The van der Waals surface area contributed by atoms with Gasteiger partial charge in [-0.1, -0.05) is 27.5 Å². The van der Waals surface area contributed by atoms with Crippen molar-refractivity contribution in [3.63, 3.8) is 0 Å². The van der Waals surface area contributed by atoms with Crippen LogP contribution in [0, 0.1) is 7.14 Å². The molecule has 0 nitrogen and oxygen atoms in total. The van der Waals surface area contributed by atoms with Crippen LogP contribution in [0.4, 0.5) is 0 Å². The third-order valence-electron chi connectivity index (χ3n) is 0.949. The summed E-state index contributed by atoms with van der Waals surface area (Å²) in [6, 6.07) is 3.98. The Balaban J connectivity index is 3.31. The maximum absolute atomic E-state index is 5.91. The highest BCUT2D eigenvalue weighted by atomic mass is 127. The van der Waals surface area contributed by atoms with Crippen LogP contribution in [0.1, 0.15) is 0 Å². The number of halogens is 4. The number of hydrogen-bond acceptors (Lipinski definition) is 0. The Morgan fingerprint density at radius 3 is 2.00 bits per heavy atom. The maximum atomic E-state index is 5.91. The van der Waals surface area contributed by atoms with Crippen molar-refractivity contribution in [3.05, 3.63) is 28.8 Å². The molecule has 0 amide bonds. The van der Waals surface area contributed by atoms with Crippen molar-refractivity contribution in [3.8, 4) is 0 Å². The Kier molecular flexibility index (Phi) is 3.73. The Morgan fingerprint density at radius 1 is 1.20 bits per heavy atom. The topological polar surface area (TPSA) is 0 Å². The normalized spacial score (nSPS) is 10.0. The summed E-state index contributed by atoms with van der Waals surface area (Å²) in [6.45, 7) is 0. The molecule has 0 saturated carbocycles. The maximum Gasteiger partial charge on any atom is 0.0673 e. The van der Waals surface area contributed by atoms with Crippen LogP contribution in [0.2, 0.25) is 5.02 Å². The average molecular weight is 443 g/mol. The largest absolute Gasteiger partial charge is 0.0820 e. The van der Waals surface area contributed by atoms with E-state index in [-0.39, 0.29) is 0 Å². The van der Waals surface area contributed by atoms with Crippen molar-refractivity contribution in [1.29, 1.82) is 0 Å². The molecule has 0 aliphatic rings. The molecule has 1 aromatic rings. The molecule has 0 N–H and O–H groups in total. The first-order chi connectivity index (χ1) is 4.61. The number of rotatable bonds is 0. The van der Waals surface area contributed by atoms with E-state index in [1.165, 1.54) is 0 Å². The minimum Gasteiger partial charge on any atom is -0.0820 e. The molecule has 0 unspecified atom stereocenters. The van der Waals surface area contributed by atoms with Gasteiger partial charge in [0.25, 0.3) is 0 Å². The molecule has 1 aromatic carbocycles. The molecule has 0 fully saturated rings. The van der Waals surface area contributed by atoms with E-state index in [9.17, 15) is 0 Å². The predicted molar refractivity (Wildman–Crippen MR) is 64.6 cm³/mol. The summed E-state index contributed by atoms with van der Waals surface area (Å²) in [7, 11) is 0. The van der Waals surface area contributed by atoms with Gasteiger partial charge in [-0.2, -0.15) is 0 Å². The molecule has 0 aliphatic heterocycles. The first-order valence-corrected chi connectivity index (χ1v) is 5.74. The molecule has 0 aliphatic carbocycles. The van der Waals surface area contributed by atoms with E-state index in [0.717, 1.165) is 16.6 Å². The molecule has 0 spiro atoms. The van der Waals surface area contributed by atoms with Gasteiger partial charge in [-0.3, -0.25) is 0 Å². The first kappa shape index (κ1) is 9.54. The molecule has 54 valence electrons. The van der Waals surface area contributed by atoms with E-state index in [2.05, 4.69) is 61.1 Å². The average Bonchev–Trinajstić information content (AvgIpc) is 1.82. The van der Waals surface area contributed by atoms with E-state index >= 15 is 0 Å². The molecule has 0 atom stereocenters. The fraction of sp³-hybridized carbons (Fsp3) is 0. The minimum absolute atomic E-state index is 0.837. The second-order valence-electron chi connectivity index (χ2n) is 1.68. The van der Waals surface area contributed by atoms with Crippen molar-refractivity contribution < 1.29 is 0 Å². The summed E-state index contributed by atoms with van der Waals surface area (Å²) < 4.78 is 3.24. The second kappa shape index (κ2) is 3.91. The highest BCUT2D eigenvalue weighted by molar-refractivity contribution is 14.1. The molecule has 0 radical (unpaired) electrons. The van der Waals surface area contributed by atoms with Crippen molar-refractivity contribution >= 4 is 72.7 Å². The van der Waals surface area contributed by atoms with E-state index < -0.39 is 0 Å². The highest BCUT2D eigenvalue weighted by Gasteiger charge is 2.01. The zero-order valence-electron chi connectivity index (χ0n) is 4.67. The lowest BCUT2D eigenvalue weighted by Crippen LogP contribution is -1.79. The second-order valence-corrected chi connectivity index (χ2v) is 5.30. The van der Waals surface area contributed by atoms with Gasteiger partial charge < -0.3 is 0 Å². The fourth-order valence-electron chi connectivity index (χ4n) is 0.525. The van der Waals surface area contributed by atoms with Gasteiger partial charge in [-0.05, 0) is 57.3 Å². The smallest absolute Gasteiger partial charge is 0.0673 e. The quantitative estimate of drug-likeness (QED) is 0.319. The van der Waals surface area contributed by atoms with Crippen molar-refractivity contribution in [2.24, 2.45) is 0 Å². The Hall–Kier alpha value is 1.45. The Bertz CT molecular complexity index is 239. The zero-order valence-corrected chi connectivity index (χ0v) is 11.3. The van der Waals surface area contributed by atoms with Crippen LogP contribution >= 0.6 is 72.7 Å². The third-order valence-corrected chi connectivity index (χ3v) is 4.15. The SMILES string of the molecule is Clc1c(I)cc(Br)cc1I. The van der Waals surface area contributed by atoms with Crippen LogP contribution < -0.4 is 0 Å². The molecular weight excluding hydrogens is 441 g/mol. The lowest BCUT2D eigenvalue weighted by atomic mass is 10.4. The van der Waals surface area contributed by atoms with Crippen LogP contribution in [0.3, 0.4) is 0 Å². The van der Waals surface area contributed by atoms with Gasteiger partial charge in [0, 0.05) is 11.6 Å². The van der Waals surface area contributed by atoms with E-state index in [1.807, 2.05) is 12.1 Å². The molecule has 0 aromatic heterocycles. The van der Waals surface area contributed by atoms with Gasteiger partial charge in [0.05, 0.1) is 5.02 Å². The molecule has 0 saturated heterocycles. The molecule has 0 bridgehead atoms. The summed E-state index contributed by atoms with van der Waals surface area (Å²) in [5.74, 6) is 0. The molecule has 4 heteroatoms. The number of hydrogen-bond donors (Lipinski definition) is 0. The van der Waals surface area contributed by atoms with Crippen molar-refractivity contribution in [2.75, 3.05) is 0 Å². The van der Waals surface area contributed by atoms with Crippen molar-refractivity contribution in [1.82, 2.24) is 0 Å². The third kappa shape index (κ3) is 2.22. The molecule has 0 heterocycles. The highest BCUT2D eigenvalue weighted by Crippen LogP contribution is 2.28. The standard InChI is InChI=1S/C6H2BrClI2/c7-3-1-4(9)6(8)5(10)2-3/h1-2H. The lowest BCUT2D eigenvalue weighted by Gasteiger charge is -1.98. The monoisotopic (exact) mass is 442 g/mol. The molecule has 1 rings (SSSR count).